The highest BCUT2D eigenvalue weighted by atomic mass is 16.6. The number of rotatable bonds is 2. The van der Waals surface area contributed by atoms with Crippen LogP contribution in [0.1, 0.15) is 0 Å². The van der Waals surface area contributed by atoms with Gasteiger partial charge in [-0.15, -0.1) is 0 Å². The summed E-state index contributed by atoms with van der Waals surface area (Å²) < 4.78 is 4.13. The van der Waals surface area contributed by atoms with Crippen molar-refractivity contribution in [2.75, 3.05) is 5.32 Å². The molecule has 0 aliphatic carbocycles. The summed E-state index contributed by atoms with van der Waals surface area (Å²) >= 11 is 0. The van der Waals surface area contributed by atoms with E-state index < -0.39 is 0 Å². The van der Waals surface area contributed by atoms with E-state index in [0.717, 1.165) is 0 Å². The maximum atomic E-state index is 9.53. The molecule has 0 unspecified atom stereocenters. The SMILES string of the molecule is O=[C]Nc1cnon1. The molecule has 8 heavy (non-hydrogen) atoms. The number of aromatic nitrogens is 2. The van der Waals surface area contributed by atoms with Crippen molar-refractivity contribution >= 4 is 12.2 Å². The first-order valence-electron chi connectivity index (χ1n) is 1.84. The molecule has 1 N–H and O–H groups in total. The molecule has 0 saturated carbocycles. The van der Waals surface area contributed by atoms with Crippen molar-refractivity contribution in [2.45, 2.75) is 0 Å². The second-order valence-corrected chi connectivity index (χ2v) is 1.02. The summed E-state index contributed by atoms with van der Waals surface area (Å²) in [5.74, 6) is 0.264. The Balaban J connectivity index is 2.62. The van der Waals surface area contributed by atoms with E-state index >= 15 is 0 Å². The molecule has 0 fully saturated rings. The van der Waals surface area contributed by atoms with E-state index in [-0.39, 0.29) is 5.82 Å². The van der Waals surface area contributed by atoms with Crippen molar-refractivity contribution in [1.82, 2.24) is 10.3 Å². The number of nitrogens with zero attached hydrogens (tertiary/aromatic N) is 2. The van der Waals surface area contributed by atoms with Gasteiger partial charge in [-0.1, -0.05) is 5.16 Å². The van der Waals surface area contributed by atoms with Crippen LogP contribution in [0.25, 0.3) is 0 Å². The maximum Gasteiger partial charge on any atom is 0.315 e. The van der Waals surface area contributed by atoms with E-state index in [4.69, 9.17) is 0 Å². The first kappa shape index (κ1) is 4.76. The molecule has 0 aromatic carbocycles. The number of nitrogens with one attached hydrogen (secondary N) is 1. The van der Waals surface area contributed by atoms with E-state index in [1.807, 2.05) is 0 Å². The number of hydrogen-bond acceptors (Lipinski definition) is 4. The smallest absolute Gasteiger partial charge is 0.298 e. The molecular formula is C3H2N3O2. The van der Waals surface area contributed by atoms with E-state index in [9.17, 15) is 4.79 Å². The maximum absolute atomic E-state index is 9.53. The molecule has 41 valence electrons. The first-order chi connectivity index (χ1) is 3.93. The summed E-state index contributed by atoms with van der Waals surface area (Å²) in [6.45, 7) is 0. The van der Waals surface area contributed by atoms with Crippen molar-refractivity contribution in [3.05, 3.63) is 6.20 Å². The lowest BCUT2D eigenvalue weighted by Crippen LogP contribution is -1.91. The van der Waals surface area contributed by atoms with Crippen molar-refractivity contribution in [1.29, 1.82) is 0 Å². The second kappa shape index (κ2) is 2.06. The Bertz CT molecular complexity index is 159. The summed E-state index contributed by atoms with van der Waals surface area (Å²) in [5, 5.41) is 8.57. The van der Waals surface area contributed by atoms with Gasteiger partial charge in [0.25, 0.3) is 0 Å². The molecule has 0 saturated heterocycles. The van der Waals surface area contributed by atoms with Crippen LogP contribution in [-0.4, -0.2) is 16.7 Å². The lowest BCUT2D eigenvalue weighted by molar-refractivity contribution is 0.308. The molecule has 0 aliphatic heterocycles. The Hall–Kier alpha value is -1.39. The molecule has 1 rings (SSSR count). The third-order valence-corrected chi connectivity index (χ3v) is 0.540. The predicted molar refractivity (Wildman–Crippen MR) is 23.6 cm³/mol. The highest BCUT2D eigenvalue weighted by Crippen LogP contribution is 1.93. The molecule has 1 amide bonds. The quantitative estimate of drug-likeness (QED) is 0.526. The van der Waals surface area contributed by atoms with Crippen LogP contribution in [0.4, 0.5) is 5.82 Å². The second-order valence-electron chi connectivity index (χ2n) is 1.02. The van der Waals surface area contributed by atoms with Crippen LogP contribution < -0.4 is 5.32 Å². The van der Waals surface area contributed by atoms with E-state index in [1.165, 1.54) is 12.6 Å². The Morgan fingerprint density at radius 3 is 3.25 bits per heavy atom. The summed E-state index contributed by atoms with van der Waals surface area (Å²) in [6, 6.07) is 0. The van der Waals surface area contributed by atoms with Gasteiger partial charge in [0.15, 0.2) is 5.82 Å². The van der Waals surface area contributed by atoms with Crippen LogP contribution in [0.3, 0.4) is 0 Å². The highest BCUT2D eigenvalue weighted by molar-refractivity contribution is 5.68. The van der Waals surface area contributed by atoms with Crippen LogP contribution in [0.5, 0.6) is 0 Å². The van der Waals surface area contributed by atoms with Crippen molar-refractivity contribution in [2.24, 2.45) is 0 Å². The van der Waals surface area contributed by atoms with E-state index in [0.29, 0.717) is 0 Å². The van der Waals surface area contributed by atoms with Gasteiger partial charge in [-0.05, 0) is 5.16 Å². The zero-order chi connectivity index (χ0) is 5.82. The zero-order valence-corrected chi connectivity index (χ0v) is 3.79. The number of amides is 1. The molecule has 0 aliphatic rings. The third kappa shape index (κ3) is 0.810. The van der Waals surface area contributed by atoms with Crippen LogP contribution in [0.15, 0.2) is 10.8 Å². The van der Waals surface area contributed by atoms with Gasteiger partial charge in [-0.3, -0.25) is 10.1 Å². The fourth-order valence-electron chi connectivity index (χ4n) is 0.272. The predicted octanol–water partition coefficient (Wildman–Crippen LogP) is -0.451. The largest absolute Gasteiger partial charge is 0.315 e. The van der Waals surface area contributed by atoms with Crippen LogP contribution >= 0.6 is 0 Å². The fourth-order valence-corrected chi connectivity index (χ4v) is 0.272. The lowest BCUT2D eigenvalue weighted by Gasteiger charge is -1.77. The van der Waals surface area contributed by atoms with Gasteiger partial charge in [0.2, 0.25) is 0 Å². The normalized spacial score (nSPS) is 8.50. The standard InChI is InChI=1S/C3H2N3O2/c7-2-4-3-1-5-8-6-3/h1H,(H,4,6,7). The van der Waals surface area contributed by atoms with Crippen LogP contribution in [0, 0.1) is 0 Å². The monoisotopic (exact) mass is 112 g/mol. The summed E-state index contributed by atoms with van der Waals surface area (Å²) in [6.07, 6.45) is 2.68. The van der Waals surface area contributed by atoms with Gasteiger partial charge in [0.05, 0.1) is 0 Å². The molecule has 5 heteroatoms. The first-order valence-corrected chi connectivity index (χ1v) is 1.84. The van der Waals surface area contributed by atoms with Gasteiger partial charge >= 0.3 is 6.41 Å². The molecular weight excluding hydrogens is 110 g/mol. The number of carbonyl (C=O) groups excluding carboxylic acids is 1. The van der Waals surface area contributed by atoms with Gasteiger partial charge < -0.3 is 0 Å². The molecule has 0 bridgehead atoms. The van der Waals surface area contributed by atoms with Crippen LogP contribution in [-0.2, 0) is 4.79 Å². The minimum Gasteiger partial charge on any atom is -0.298 e. The molecule has 1 aromatic rings. The Morgan fingerprint density at radius 2 is 2.75 bits per heavy atom. The van der Waals surface area contributed by atoms with Gasteiger partial charge in [0, 0.05) is 0 Å². The number of hydrogen-bond donors (Lipinski definition) is 1. The van der Waals surface area contributed by atoms with Gasteiger partial charge in [0.1, 0.15) is 6.20 Å². The average molecular weight is 112 g/mol. The lowest BCUT2D eigenvalue weighted by atomic mass is 10.8. The molecule has 1 radical (unpaired) electrons. The van der Waals surface area contributed by atoms with Crippen molar-refractivity contribution in [3.8, 4) is 0 Å². The molecule has 1 aromatic heterocycles. The Morgan fingerprint density at radius 1 is 1.88 bits per heavy atom. The zero-order valence-electron chi connectivity index (χ0n) is 3.79. The van der Waals surface area contributed by atoms with Gasteiger partial charge in [-0.2, -0.15) is 0 Å². The molecule has 1 heterocycles. The Kier molecular flexibility index (Phi) is 1.23. The van der Waals surface area contributed by atoms with E-state index in [1.54, 1.807) is 0 Å². The minimum absolute atomic E-state index is 0.264. The van der Waals surface area contributed by atoms with Crippen molar-refractivity contribution < 1.29 is 9.42 Å². The molecule has 5 nitrogen and oxygen atoms in total. The van der Waals surface area contributed by atoms with E-state index in [2.05, 4.69) is 20.3 Å². The Labute approximate surface area is 44.6 Å². The topological polar surface area (TPSA) is 68.0 Å². The fraction of sp³-hybridized carbons (Fsp3) is 0. The molecule has 0 spiro atoms. The average Bonchev–Trinajstić information content (AvgIpc) is 2.19. The summed E-state index contributed by atoms with van der Waals surface area (Å²) in [5.41, 5.74) is 0. The summed E-state index contributed by atoms with van der Waals surface area (Å²) in [7, 11) is 0. The van der Waals surface area contributed by atoms with Crippen molar-refractivity contribution in [3.63, 3.8) is 0 Å². The van der Waals surface area contributed by atoms with Crippen LogP contribution in [0.2, 0.25) is 0 Å². The third-order valence-electron chi connectivity index (χ3n) is 0.540. The summed E-state index contributed by atoms with van der Waals surface area (Å²) in [4.78, 5) is 9.53. The highest BCUT2D eigenvalue weighted by Gasteiger charge is 1.90. The number of anilines is 1. The minimum atomic E-state index is 0.264. The molecule has 0 atom stereocenters. The van der Waals surface area contributed by atoms with Gasteiger partial charge in [-0.25, -0.2) is 4.63 Å².